The highest BCUT2D eigenvalue weighted by Gasteiger charge is 2.10. The van der Waals surface area contributed by atoms with E-state index in [0.29, 0.717) is 17.9 Å². The molecule has 0 radical (unpaired) electrons. The lowest BCUT2D eigenvalue weighted by Gasteiger charge is -2.09. The van der Waals surface area contributed by atoms with Gasteiger partial charge in [0.1, 0.15) is 0 Å². The first-order valence-electron chi connectivity index (χ1n) is 7.37. The second-order valence-corrected chi connectivity index (χ2v) is 4.66. The number of hydrogen-bond donors (Lipinski definition) is 0. The summed E-state index contributed by atoms with van der Waals surface area (Å²) in [7, 11) is 1.57. The molecule has 1 aromatic carbocycles. The van der Waals surface area contributed by atoms with Gasteiger partial charge in [0.05, 0.1) is 7.11 Å². The molecule has 0 aromatic heterocycles. The van der Waals surface area contributed by atoms with Crippen molar-refractivity contribution in [3.63, 3.8) is 0 Å². The van der Waals surface area contributed by atoms with Crippen molar-refractivity contribution < 1.29 is 14.3 Å². The third-order valence-electron chi connectivity index (χ3n) is 2.92. The maximum absolute atomic E-state index is 11.8. The first-order valence-corrected chi connectivity index (χ1v) is 7.37. The van der Waals surface area contributed by atoms with E-state index in [4.69, 9.17) is 9.47 Å². The first-order chi connectivity index (χ1) is 10.2. The van der Waals surface area contributed by atoms with Gasteiger partial charge in [-0.25, -0.2) is 0 Å². The van der Waals surface area contributed by atoms with Crippen molar-refractivity contribution in [2.24, 2.45) is 0 Å². The average Bonchev–Trinajstić information content (AvgIpc) is 2.49. The number of allylic oxidation sites excluding steroid dienone is 3. The van der Waals surface area contributed by atoms with Crippen LogP contribution in [-0.4, -0.2) is 13.1 Å². The smallest absolute Gasteiger partial charge is 0.311 e. The van der Waals surface area contributed by atoms with E-state index in [2.05, 4.69) is 19.1 Å². The minimum absolute atomic E-state index is 0.225. The minimum atomic E-state index is -0.225. The van der Waals surface area contributed by atoms with E-state index in [0.717, 1.165) is 24.8 Å². The molecule has 1 aromatic rings. The molecule has 0 aliphatic carbocycles. The topological polar surface area (TPSA) is 35.5 Å². The molecule has 21 heavy (non-hydrogen) atoms. The lowest BCUT2D eigenvalue weighted by Crippen LogP contribution is -2.08. The number of methoxy groups -OCH3 is 1. The van der Waals surface area contributed by atoms with E-state index < -0.39 is 0 Å². The molecule has 3 heteroatoms. The van der Waals surface area contributed by atoms with E-state index in [9.17, 15) is 4.79 Å². The Balaban J connectivity index is 2.57. The molecule has 0 aliphatic rings. The Morgan fingerprint density at radius 3 is 2.71 bits per heavy atom. The number of rotatable bonds is 8. The monoisotopic (exact) mass is 288 g/mol. The molecule has 0 N–H and O–H groups in total. The molecule has 0 fully saturated rings. The van der Waals surface area contributed by atoms with Gasteiger partial charge in [0.15, 0.2) is 11.5 Å². The Kier molecular flexibility index (Phi) is 7.95. The Morgan fingerprint density at radius 1 is 1.24 bits per heavy atom. The van der Waals surface area contributed by atoms with Crippen LogP contribution in [0.2, 0.25) is 0 Å². The molecule has 0 heterocycles. The third kappa shape index (κ3) is 6.30. The molecule has 114 valence electrons. The SMILES string of the molecule is C/C=C/c1ccc(OC(=O)CCC/C=C\CC)c(OC)c1. The standard InChI is InChI=1S/C18H24O3/c1-4-6-7-8-9-11-18(19)21-16-13-12-15(10-5-2)14-17(16)20-3/h5-7,10,12-14H,4,8-9,11H2,1-3H3/b7-6-,10-5+. The Labute approximate surface area is 127 Å². The van der Waals surface area contributed by atoms with Gasteiger partial charge in [-0.05, 0) is 43.9 Å². The van der Waals surface area contributed by atoms with Crippen LogP contribution in [0.1, 0.15) is 45.1 Å². The van der Waals surface area contributed by atoms with Crippen molar-refractivity contribution in [3.05, 3.63) is 42.0 Å². The van der Waals surface area contributed by atoms with Gasteiger partial charge in [0, 0.05) is 6.42 Å². The molecule has 0 amide bonds. The number of carbonyl (C=O) groups is 1. The summed E-state index contributed by atoms with van der Waals surface area (Å²) >= 11 is 0. The zero-order valence-electron chi connectivity index (χ0n) is 13.1. The molecular formula is C18H24O3. The van der Waals surface area contributed by atoms with E-state index in [1.807, 2.05) is 31.2 Å². The van der Waals surface area contributed by atoms with Crippen LogP contribution >= 0.6 is 0 Å². The van der Waals surface area contributed by atoms with Crippen LogP contribution in [0.15, 0.2) is 36.4 Å². The maximum Gasteiger partial charge on any atom is 0.311 e. The molecule has 1 rings (SSSR count). The summed E-state index contributed by atoms with van der Waals surface area (Å²) in [6.45, 7) is 4.04. The molecule has 0 spiro atoms. The van der Waals surface area contributed by atoms with Crippen LogP contribution in [-0.2, 0) is 4.79 Å². The molecule has 0 aliphatic heterocycles. The van der Waals surface area contributed by atoms with Gasteiger partial charge in [-0.1, -0.05) is 37.3 Å². The quantitative estimate of drug-likeness (QED) is 0.299. The van der Waals surface area contributed by atoms with Gasteiger partial charge in [-0.3, -0.25) is 4.79 Å². The van der Waals surface area contributed by atoms with Gasteiger partial charge < -0.3 is 9.47 Å². The highest BCUT2D eigenvalue weighted by molar-refractivity contribution is 5.73. The summed E-state index contributed by atoms with van der Waals surface area (Å²) in [5.41, 5.74) is 1.01. The summed E-state index contributed by atoms with van der Waals surface area (Å²) < 4.78 is 10.6. The Bertz CT molecular complexity index is 501. The van der Waals surface area contributed by atoms with Crippen LogP contribution in [0.5, 0.6) is 11.5 Å². The van der Waals surface area contributed by atoms with Crippen LogP contribution < -0.4 is 9.47 Å². The van der Waals surface area contributed by atoms with Crippen LogP contribution in [0, 0.1) is 0 Å². The number of esters is 1. The summed E-state index contributed by atoms with van der Waals surface area (Å²) in [5.74, 6) is 0.821. The normalized spacial score (nSPS) is 11.2. The summed E-state index contributed by atoms with van der Waals surface area (Å²) in [6.07, 6.45) is 11.3. The summed E-state index contributed by atoms with van der Waals surface area (Å²) in [4.78, 5) is 11.8. The number of carbonyl (C=O) groups excluding carboxylic acids is 1. The predicted octanol–water partition coefficient (Wildman–Crippen LogP) is 4.77. The van der Waals surface area contributed by atoms with E-state index in [1.54, 1.807) is 13.2 Å². The van der Waals surface area contributed by atoms with Crippen molar-refractivity contribution >= 4 is 12.0 Å². The molecule has 0 unspecified atom stereocenters. The molecular weight excluding hydrogens is 264 g/mol. The van der Waals surface area contributed by atoms with Crippen LogP contribution in [0.25, 0.3) is 6.08 Å². The fraction of sp³-hybridized carbons (Fsp3) is 0.389. The minimum Gasteiger partial charge on any atom is -0.493 e. The second kappa shape index (κ2) is 9.81. The fourth-order valence-corrected chi connectivity index (χ4v) is 1.89. The van der Waals surface area contributed by atoms with Gasteiger partial charge in [0.2, 0.25) is 0 Å². The van der Waals surface area contributed by atoms with Gasteiger partial charge in [-0.2, -0.15) is 0 Å². The van der Waals surface area contributed by atoms with Crippen molar-refractivity contribution in [2.45, 2.75) is 39.5 Å². The Morgan fingerprint density at radius 2 is 2.05 bits per heavy atom. The lowest BCUT2D eigenvalue weighted by atomic mass is 10.2. The summed E-state index contributed by atoms with van der Waals surface area (Å²) in [6, 6.07) is 5.52. The highest BCUT2D eigenvalue weighted by Crippen LogP contribution is 2.29. The van der Waals surface area contributed by atoms with Crippen molar-refractivity contribution in [3.8, 4) is 11.5 Å². The molecule has 3 nitrogen and oxygen atoms in total. The molecule has 0 atom stereocenters. The second-order valence-electron chi connectivity index (χ2n) is 4.66. The number of hydrogen-bond acceptors (Lipinski definition) is 3. The van der Waals surface area contributed by atoms with Crippen molar-refractivity contribution in [2.75, 3.05) is 7.11 Å². The zero-order valence-corrected chi connectivity index (χ0v) is 13.1. The molecule has 0 saturated heterocycles. The van der Waals surface area contributed by atoms with Crippen LogP contribution in [0.4, 0.5) is 0 Å². The largest absolute Gasteiger partial charge is 0.493 e. The van der Waals surface area contributed by atoms with Crippen molar-refractivity contribution in [1.82, 2.24) is 0 Å². The predicted molar refractivity (Wildman–Crippen MR) is 86.6 cm³/mol. The molecule has 0 bridgehead atoms. The highest BCUT2D eigenvalue weighted by atomic mass is 16.6. The third-order valence-corrected chi connectivity index (χ3v) is 2.92. The maximum atomic E-state index is 11.8. The number of unbranched alkanes of at least 4 members (excludes halogenated alkanes) is 1. The van der Waals surface area contributed by atoms with Gasteiger partial charge >= 0.3 is 5.97 Å². The lowest BCUT2D eigenvalue weighted by molar-refractivity contribution is -0.134. The first kappa shape index (κ1) is 17.0. The van der Waals surface area contributed by atoms with E-state index >= 15 is 0 Å². The summed E-state index contributed by atoms with van der Waals surface area (Å²) in [5, 5.41) is 0. The van der Waals surface area contributed by atoms with Crippen molar-refractivity contribution in [1.29, 1.82) is 0 Å². The van der Waals surface area contributed by atoms with Gasteiger partial charge in [-0.15, -0.1) is 0 Å². The average molecular weight is 288 g/mol. The number of benzene rings is 1. The Hall–Kier alpha value is -2.03. The van der Waals surface area contributed by atoms with E-state index in [-0.39, 0.29) is 5.97 Å². The van der Waals surface area contributed by atoms with E-state index in [1.165, 1.54) is 0 Å². The van der Waals surface area contributed by atoms with Gasteiger partial charge in [0.25, 0.3) is 0 Å². The fourth-order valence-electron chi connectivity index (χ4n) is 1.89. The molecule has 0 saturated carbocycles. The number of ether oxygens (including phenoxy) is 2. The zero-order chi connectivity index (χ0) is 15.5. The van der Waals surface area contributed by atoms with Crippen LogP contribution in [0.3, 0.4) is 0 Å².